The molecule has 1 amide bonds. The zero-order valence-electron chi connectivity index (χ0n) is 15.3. The van der Waals surface area contributed by atoms with E-state index in [1.54, 1.807) is 6.92 Å². The van der Waals surface area contributed by atoms with Crippen molar-refractivity contribution in [2.24, 2.45) is 7.05 Å². The number of carbonyl (C=O) groups excluding carboxylic acids is 1. The highest BCUT2D eigenvalue weighted by molar-refractivity contribution is 5.75. The van der Waals surface area contributed by atoms with Crippen LogP contribution >= 0.6 is 0 Å². The molecule has 5 nitrogen and oxygen atoms in total. The number of carbonyl (C=O) groups is 1. The van der Waals surface area contributed by atoms with Gasteiger partial charge in [0.2, 0.25) is 5.91 Å². The number of hydrogen-bond donors (Lipinski definition) is 0. The van der Waals surface area contributed by atoms with E-state index in [2.05, 4.69) is 40.8 Å². The van der Waals surface area contributed by atoms with Crippen LogP contribution < -0.4 is 0 Å². The monoisotopic (exact) mass is 348 g/mol. The number of benzene rings is 2. The molecule has 0 aliphatic carbocycles. The Morgan fingerprint density at radius 2 is 1.81 bits per heavy atom. The molecule has 2 aromatic carbocycles. The molecular weight excluding hydrogens is 324 g/mol. The molecule has 2 heterocycles. The fourth-order valence-corrected chi connectivity index (χ4v) is 3.86. The summed E-state index contributed by atoms with van der Waals surface area (Å²) in [4.78, 5) is 21.3. The number of aromatic nitrogens is 2. The van der Waals surface area contributed by atoms with E-state index in [1.807, 2.05) is 35.2 Å². The first-order valence-corrected chi connectivity index (χ1v) is 9.08. The normalized spacial score (nSPS) is 18.4. The maximum Gasteiger partial charge on any atom is 0.220 e. The number of imidazole rings is 1. The Labute approximate surface area is 153 Å². The highest BCUT2D eigenvalue weighted by atomic mass is 16.2. The van der Waals surface area contributed by atoms with Crippen molar-refractivity contribution in [3.8, 4) is 0 Å². The first kappa shape index (κ1) is 16.8. The van der Waals surface area contributed by atoms with Gasteiger partial charge in [0, 0.05) is 33.6 Å². The summed E-state index contributed by atoms with van der Waals surface area (Å²) in [5, 5.41) is 0. The van der Waals surface area contributed by atoms with E-state index in [1.165, 1.54) is 5.56 Å². The summed E-state index contributed by atoms with van der Waals surface area (Å²) in [7, 11) is 2.07. The van der Waals surface area contributed by atoms with E-state index < -0.39 is 0 Å². The third kappa shape index (κ3) is 3.10. The lowest BCUT2D eigenvalue weighted by molar-refractivity contribution is -0.134. The first-order chi connectivity index (χ1) is 12.6. The number of rotatable bonds is 3. The van der Waals surface area contributed by atoms with Crippen LogP contribution in [0.2, 0.25) is 0 Å². The van der Waals surface area contributed by atoms with Crippen LogP contribution in [-0.2, 0) is 18.4 Å². The SMILES string of the molecule is CC(=O)N1CCN(Cc2nc3ccccc3n2C)CC1c1ccccc1. The van der Waals surface area contributed by atoms with E-state index in [0.29, 0.717) is 0 Å². The van der Waals surface area contributed by atoms with Gasteiger partial charge in [-0.3, -0.25) is 9.69 Å². The lowest BCUT2D eigenvalue weighted by Crippen LogP contribution is -2.49. The molecule has 0 bridgehead atoms. The zero-order chi connectivity index (χ0) is 18.1. The van der Waals surface area contributed by atoms with E-state index in [-0.39, 0.29) is 11.9 Å². The number of fused-ring (bicyclic) bond motifs is 1. The summed E-state index contributed by atoms with van der Waals surface area (Å²) in [6.45, 7) is 4.90. The number of para-hydroxylation sites is 2. The molecule has 134 valence electrons. The average Bonchev–Trinajstić information content (AvgIpc) is 2.98. The van der Waals surface area contributed by atoms with Gasteiger partial charge in [-0.05, 0) is 17.7 Å². The van der Waals surface area contributed by atoms with Gasteiger partial charge in [-0.2, -0.15) is 0 Å². The number of hydrogen-bond acceptors (Lipinski definition) is 3. The molecular formula is C21H24N4O. The van der Waals surface area contributed by atoms with E-state index in [9.17, 15) is 4.79 Å². The lowest BCUT2D eigenvalue weighted by Gasteiger charge is -2.41. The second kappa shape index (κ2) is 6.92. The molecule has 1 saturated heterocycles. The summed E-state index contributed by atoms with van der Waals surface area (Å²) in [5.74, 6) is 1.20. The second-order valence-electron chi connectivity index (χ2n) is 6.95. The maximum absolute atomic E-state index is 12.1. The van der Waals surface area contributed by atoms with Crippen LogP contribution in [0.3, 0.4) is 0 Å². The standard InChI is InChI=1S/C21H24N4O/c1-16(26)25-13-12-24(14-20(25)17-8-4-3-5-9-17)15-21-22-18-10-6-7-11-19(18)23(21)2/h3-11,20H,12-15H2,1-2H3. The second-order valence-corrected chi connectivity index (χ2v) is 6.95. The van der Waals surface area contributed by atoms with Crippen LogP contribution in [-0.4, -0.2) is 44.9 Å². The zero-order valence-corrected chi connectivity index (χ0v) is 15.3. The molecule has 0 N–H and O–H groups in total. The number of amides is 1. The van der Waals surface area contributed by atoms with Crippen molar-refractivity contribution in [3.63, 3.8) is 0 Å². The van der Waals surface area contributed by atoms with Crippen molar-refractivity contribution in [2.75, 3.05) is 19.6 Å². The molecule has 1 aliphatic rings. The highest BCUT2D eigenvalue weighted by Crippen LogP contribution is 2.26. The fourth-order valence-electron chi connectivity index (χ4n) is 3.86. The summed E-state index contributed by atoms with van der Waals surface area (Å²) >= 11 is 0. The third-order valence-electron chi connectivity index (χ3n) is 5.30. The quantitative estimate of drug-likeness (QED) is 0.731. The molecule has 0 radical (unpaired) electrons. The van der Waals surface area contributed by atoms with Crippen molar-refractivity contribution in [1.29, 1.82) is 0 Å². The van der Waals surface area contributed by atoms with Crippen LogP contribution in [0.1, 0.15) is 24.4 Å². The van der Waals surface area contributed by atoms with Crippen LogP contribution in [0.4, 0.5) is 0 Å². The van der Waals surface area contributed by atoms with Crippen molar-refractivity contribution in [3.05, 3.63) is 66.0 Å². The van der Waals surface area contributed by atoms with Gasteiger partial charge >= 0.3 is 0 Å². The Kier molecular flexibility index (Phi) is 4.47. The first-order valence-electron chi connectivity index (χ1n) is 9.08. The van der Waals surface area contributed by atoms with Gasteiger partial charge in [-0.1, -0.05) is 42.5 Å². The Morgan fingerprint density at radius 1 is 1.08 bits per heavy atom. The minimum Gasteiger partial charge on any atom is -0.333 e. The van der Waals surface area contributed by atoms with Crippen molar-refractivity contribution in [1.82, 2.24) is 19.4 Å². The van der Waals surface area contributed by atoms with Crippen molar-refractivity contribution < 1.29 is 4.79 Å². The van der Waals surface area contributed by atoms with Crippen molar-refractivity contribution >= 4 is 16.9 Å². The maximum atomic E-state index is 12.1. The van der Waals surface area contributed by atoms with Crippen LogP contribution in [0.25, 0.3) is 11.0 Å². The van der Waals surface area contributed by atoms with Gasteiger partial charge in [0.05, 0.1) is 23.6 Å². The summed E-state index contributed by atoms with van der Waals surface area (Å²) in [6, 6.07) is 18.6. The van der Waals surface area contributed by atoms with E-state index in [4.69, 9.17) is 4.98 Å². The van der Waals surface area contributed by atoms with E-state index in [0.717, 1.165) is 43.0 Å². The molecule has 4 rings (SSSR count). The van der Waals surface area contributed by atoms with Gasteiger partial charge in [0.25, 0.3) is 0 Å². The third-order valence-corrected chi connectivity index (χ3v) is 5.30. The van der Waals surface area contributed by atoms with Crippen LogP contribution in [0.5, 0.6) is 0 Å². The molecule has 1 unspecified atom stereocenters. The van der Waals surface area contributed by atoms with Crippen molar-refractivity contribution in [2.45, 2.75) is 19.5 Å². The molecule has 1 aliphatic heterocycles. The molecule has 26 heavy (non-hydrogen) atoms. The molecule has 1 fully saturated rings. The predicted molar refractivity (Wildman–Crippen MR) is 103 cm³/mol. The minimum absolute atomic E-state index is 0.0946. The Balaban J connectivity index is 1.58. The van der Waals surface area contributed by atoms with E-state index >= 15 is 0 Å². The number of aryl methyl sites for hydroxylation is 1. The van der Waals surface area contributed by atoms with Gasteiger partial charge in [0.15, 0.2) is 0 Å². The molecule has 1 aromatic heterocycles. The summed E-state index contributed by atoms with van der Waals surface area (Å²) < 4.78 is 2.17. The minimum atomic E-state index is 0.0946. The summed E-state index contributed by atoms with van der Waals surface area (Å²) in [5.41, 5.74) is 3.38. The summed E-state index contributed by atoms with van der Waals surface area (Å²) in [6.07, 6.45) is 0. The predicted octanol–water partition coefficient (Wildman–Crippen LogP) is 2.98. The van der Waals surface area contributed by atoms with Gasteiger partial charge in [-0.25, -0.2) is 4.98 Å². The topological polar surface area (TPSA) is 41.4 Å². The lowest BCUT2D eigenvalue weighted by atomic mass is 10.0. The van der Waals surface area contributed by atoms with Crippen LogP contribution in [0, 0.1) is 0 Å². The molecule has 0 spiro atoms. The fraction of sp³-hybridized carbons (Fsp3) is 0.333. The Hall–Kier alpha value is -2.66. The Morgan fingerprint density at radius 3 is 2.54 bits per heavy atom. The molecule has 5 heteroatoms. The smallest absolute Gasteiger partial charge is 0.220 e. The highest BCUT2D eigenvalue weighted by Gasteiger charge is 2.30. The molecule has 1 atom stereocenters. The largest absolute Gasteiger partial charge is 0.333 e. The Bertz CT molecular complexity index is 918. The van der Waals surface area contributed by atoms with Gasteiger partial charge in [0.1, 0.15) is 5.82 Å². The molecule has 3 aromatic rings. The molecule has 0 saturated carbocycles. The van der Waals surface area contributed by atoms with Gasteiger partial charge < -0.3 is 9.47 Å². The van der Waals surface area contributed by atoms with Crippen LogP contribution in [0.15, 0.2) is 54.6 Å². The average molecular weight is 348 g/mol. The number of nitrogens with zero attached hydrogens (tertiary/aromatic N) is 4. The number of piperazine rings is 1. The van der Waals surface area contributed by atoms with Gasteiger partial charge in [-0.15, -0.1) is 0 Å².